The Hall–Kier alpha value is -3.49. The Bertz CT molecular complexity index is 1310. The normalized spacial score (nSPS) is 19.2. The molecule has 6 nitrogen and oxygen atoms in total. The van der Waals surface area contributed by atoms with Crippen LogP contribution in [0.5, 0.6) is 0 Å². The lowest BCUT2D eigenvalue weighted by atomic mass is 10.1. The molecule has 0 radical (unpaired) electrons. The number of para-hydroxylation sites is 1. The van der Waals surface area contributed by atoms with Crippen LogP contribution in [0.1, 0.15) is 5.56 Å². The van der Waals surface area contributed by atoms with Crippen molar-refractivity contribution < 1.29 is 9.59 Å². The summed E-state index contributed by atoms with van der Waals surface area (Å²) < 4.78 is 0. The highest BCUT2D eigenvalue weighted by Crippen LogP contribution is 2.44. The Morgan fingerprint density at radius 1 is 1.06 bits per heavy atom. The Labute approximate surface area is 193 Å². The molecule has 0 aliphatic carbocycles. The molecule has 3 heterocycles. The number of rotatable bonds is 4. The van der Waals surface area contributed by atoms with Gasteiger partial charge in [-0.15, -0.1) is 17.9 Å². The van der Waals surface area contributed by atoms with Crippen molar-refractivity contribution in [2.24, 2.45) is 4.99 Å². The van der Waals surface area contributed by atoms with Crippen molar-refractivity contribution in [2.75, 3.05) is 18.5 Å². The molecule has 0 N–H and O–H groups in total. The van der Waals surface area contributed by atoms with Crippen molar-refractivity contribution in [3.63, 3.8) is 0 Å². The number of likely N-dealkylation sites (N-methyl/N-ethyl adjacent to an activating group) is 1. The molecule has 1 fully saturated rings. The van der Waals surface area contributed by atoms with Gasteiger partial charge in [-0.3, -0.25) is 14.5 Å². The number of thioether (sulfide) groups is 1. The zero-order chi connectivity index (χ0) is 22.2. The maximum atomic E-state index is 13.3. The quantitative estimate of drug-likeness (QED) is 0.410. The predicted molar refractivity (Wildman–Crippen MR) is 131 cm³/mol. The average Bonchev–Trinajstić information content (AvgIpc) is 3.47. The molecule has 0 saturated carbocycles. The molecule has 5 rings (SSSR count). The maximum Gasteiger partial charge on any atom is 0.267 e. The summed E-state index contributed by atoms with van der Waals surface area (Å²) in [5.41, 5.74) is 3.81. The molecule has 0 bridgehead atoms. The monoisotopic (exact) mass is 458 g/mol. The van der Waals surface area contributed by atoms with Crippen LogP contribution in [0, 0.1) is 0 Å². The largest absolute Gasteiger partial charge is 0.311 e. The van der Waals surface area contributed by atoms with E-state index in [1.165, 1.54) is 28.0 Å². The number of thiazole rings is 1. The Morgan fingerprint density at radius 2 is 1.81 bits per heavy atom. The SMILES string of the molecule is C=CCN1C(=O)/C(=C2/C(=O)N(C)c3ccccc32)S/C1=N/c1nc(-c2ccccc2)cs1. The lowest BCUT2D eigenvalue weighted by molar-refractivity contribution is -0.122. The number of aromatic nitrogens is 1. The van der Waals surface area contributed by atoms with Crippen LogP contribution in [-0.2, 0) is 9.59 Å². The van der Waals surface area contributed by atoms with E-state index < -0.39 is 0 Å². The van der Waals surface area contributed by atoms with Gasteiger partial charge in [0.1, 0.15) is 0 Å². The van der Waals surface area contributed by atoms with Gasteiger partial charge < -0.3 is 4.90 Å². The number of anilines is 1. The molecule has 1 saturated heterocycles. The zero-order valence-corrected chi connectivity index (χ0v) is 18.8. The van der Waals surface area contributed by atoms with Gasteiger partial charge >= 0.3 is 0 Å². The van der Waals surface area contributed by atoms with Crippen LogP contribution in [-0.4, -0.2) is 40.5 Å². The van der Waals surface area contributed by atoms with E-state index in [0.717, 1.165) is 22.5 Å². The second-order valence-corrected chi connectivity index (χ2v) is 8.98. The Morgan fingerprint density at radius 3 is 2.59 bits per heavy atom. The van der Waals surface area contributed by atoms with Crippen LogP contribution in [0.3, 0.4) is 0 Å². The van der Waals surface area contributed by atoms with Gasteiger partial charge in [-0.2, -0.15) is 4.99 Å². The summed E-state index contributed by atoms with van der Waals surface area (Å²) in [4.78, 5) is 39.1. The molecule has 8 heteroatoms. The first kappa shape index (κ1) is 20.4. The molecule has 1 aromatic heterocycles. The molecule has 0 spiro atoms. The molecule has 2 aliphatic rings. The van der Waals surface area contributed by atoms with E-state index in [4.69, 9.17) is 0 Å². The van der Waals surface area contributed by atoms with Crippen molar-refractivity contribution in [2.45, 2.75) is 0 Å². The number of nitrogens with zero attached hydrogens (tertiary/aromatic N) is 4. The number of aliphatic imine (C=N–C) groups is 1. The number of fused-ring (bicyclic) bond motifs is 1. The second kappa shape index (κ2) is 8.22. The first-order valence-electron chi connectivity index (χ1n) is 9.90. The minimum atomic E-state index is -0.248. The first-order chi connectivity index (χ1) is 15.6. The molecule has 2 aliphatic heterocycles. The molecule has 2 amide bonds. The van der Waals surface area contributed by atoms with Crippen molar-refractivity contribution >= 4 is 56.5 Å². The molecule has 0 unspecified atom stereocenters. The van der Waals surface area contributed by atoms with Crippen molar-refractivity contribution in [3.05, 3.63) is 83.1 Å². The molecule has 2 aromatic carbocycles. The van der Waals surface area contributed by atoms with Gasteiger partial charge in [-0.1, -0.05) is 54.6 Å². The van der Waals surface area contributed by atoms with Gasteiger partial charge in [0, 0.05) is 30.1 Å². The number of carbonyl (C=O) groups is 2. The topological polar surface area (TPSA) is 65.9 Å². The van der Waals surface area contributed by atoms with Crippen LogP contribution >= 0.6 is 23.1 Å². The van der Waals surface area contributed by atoms with Gasteiger partial charge in [0.05, 0.1) is 21.9 Å². The minimum absolute atomic E-state index is 0.192. The summed E-state index contributed by atoms with van der Waals surface area (Å²) in [6.45, 7) is 4.06. The molecular weight excluding hydrogens is 440 g/mol. The highest BCUT2D eigenvalue weighted by atomic mass is 32.2. The van der Waals surface area contributed by atoms with Crippen LogP contribution in [0.4, 0.5) is 10.8 Å². The fraction of sp³-hybridized carbons (Fsp3) is 0.0833. The van der Waals surface area contributed by atoms with Crippen molar-refractivity contribution in [3.8, 4) is 11.3 Å². The van der Waals surface area contributed by atoms with Crippen LogP contribution in [0.15, 0.2) is 82.5 Å². The summed E-state index contributed by atoms with van der Waals surface area (Å²) >= 11 is 2.62. The summed E-state index contributed by atoms with van der Waals surface area (Å²) in [5.74, 6) is -0.440. The fourth-order valence-corrected chi connectivity index (χ4v) is 5.49. The predicted octanol–water partition coefficient (Wildman–Crippen LogP) is 4.95. The van der Waals surface area contributed by atoms with Gasteiger partial charge in [0.15, 0.2) is 5.17 Å². The lowest BCUT2D eigenvalue weighted by Crippen LogP contribution is -2.29. The van der Waals surface area contributed by atoms with Crippen molar-refractivity contribution in [1.29, 1.82) is 0 Å². The van der Waals surface area contributed by atoms with Crippen molar-refractivity contribution in [1.82, 2.24) is 9.88 Å². The number of carbonyl (C=O) groups excluding carboxylic acids is 2. The van der Waals surface area contributed by atoms with E-state index in [2.05, 4.69) is 16.6 Å². The summed E-state index contributed by atoms with van der Waals surface area (Å²) in [7, 11) is 1.72. The fourth-order valence-electron chi connectivity index (χ4n) is 3.66. The van der Waals surface area contributed by atoms with Crippen LogP contribution in [0.2, 0.25) is 0 Å². The maximum absolute atomic E-state index is 13.3. The Kier molecular flexibility index (Phi) is 5.24. The van der Waals surface area contributed by atoms with E-state index >= 15 is 0 Å². The van der Waals surface area contributed by atoms with Crippen LogP contribution < -0.4 is 4.90 Å². The summed E-state index contributed by atoms with van der Waals surface area (Å²) in [5, 5.41) is 2.99. The lowest BCUT2D eigenvalue weighted by Gasteiger charge is -2.12. The molecule has 158 valence electrons. The third-order valence-corrected chi connectivity index (χ3v) is 7.02. The second-order valence-electron chi connectivity index (χ2n) is 7.17. The van der Waals surface area contributed by atoms with Gasteiger partial charge in [0.25, 0.3) is 11.8 Å². The van der Waals surface area contributed by atoms with E-state index in [1.807, 2.05) is 60.0 Å². The Balaban J connectivity index is 1.56. The minimum Gasteiger partial charge on any atom is -0.311 e. The zero-order valence-electron chi connectivity index (χ0n) is 17.2. The third-order valence-electron chi connectivity index (χ3n) is 5.21. The highest BCUT2D eigenvalue weighted by Gasteiger charge is 2.41. The molecule has 32 heavy (non-hydrogen) atoms. The average molecular weight is 459 g/mol. The molecule has 0 atom stereocenters. The number of amidine groups is 1. The highest BCUT2D eigenvalue weighted by molar-refractivity contribution is 8.18. The van der Waals surface area contributed by atoms with E-state index in [1.54, 1.807) is 18.0 Å². The molecular formula is C24H18N4O2S2. The third kappa shape index (κ3) is 3.37. The van der Waals surface area contributed by atoms with E-state index in [-0.39, 0.29) is 11.8 Å². The van der Waals surface area contributed by atoms with Gasteiger partial charge in [-0.25, -0.2) is 4.98 Å². The number of benzene rings is 2. The summed E-state index contributed by atoms with van der Waals surface area (Å²) in [6.07, 6.45) is 1.65. The number of amides is 2. The smallest absolute Gasteiger partial charge is 0.267 e. The molecule has 3 aromatic rings. The van der Waals surface area contributed by atoms with E-state index in [9.17, 15) is 9.59 Å². The van der Waals surface area contributed by atoms with Gasteiger partial charge in [-0.05, 0) is 17.8 Å². The van der Waals surface area contributed by atoms with Crippen LogP contribution in [0.25, 0.3) is 16.8 Å². The standard InChI is InChI=1S/C24H18N4O2S2/c1-3-13-28-22(30)20(19-16-11-7-8-12-18(16)27(2)21(19)29)32-24(28)26-23-25-17(14-31-23)15-9-5-4-6-10-15/h3-12,14H,1,13H2,2H3/b20-19-,26-24+. The van der Waals surface area contributed by atoms with E-state index in [0.29, 0.717) is 27.3 Å². The summed E-state index contributed by atoms with van der Waals surface area (Å²) in [6, 6.07) is 17.4. The number of hydrogen-bond donors (Lipinski definition) is 0. The van der Waals surface area contributed by atoms with Gasteiger partial charge in [0.2, 0.25) is 5.13 Å². The number of hydrogen-bond acceptors (Lipinski definition) is 6. The first-order valence-corrected chi connectivity index (χ1v) is 11.6.